The van der Waals surface area contributed by atoms with Crippen molar-refractivity contribution in [2.45, 2.75) is 19.3 Å². The summed E-state index contributed by atoms with van der Waals surface area (Å²) in [7, 11) is 0. The third-order valence-corrected chi connectivity index (χ3v) is 13.0. The molecule has 11 aromatic rings. The zero-order valence-electron chi connectivity index (χ0n) is 34.1. The zero-order valence-corrected chi connectivity index (χ0v) is 34.1. The van der Waals surface area contributed by atoms with Crippen molar-refractivity contribution in [1.29, 1.82) is 0 Å². The molecule has 0 saturated carbocycles. The maximum atomic E-state index is 7.00. The summed E-state index contributed by atoms with van der Waals surface area (Å²) in [6, 6.07) is 77.4. The van der Waals surface area contributed by atoms with Crippen LogP contribution in [0.25, 0.3) is 88.0 Å². The van der Waals surface area contributed by atoms with Gasteiger partial charge in [-0.2, -0.15) is 0 Å². The van der Waals surface area contributed by atoms with E-state index in [-0.39, 0.29) is 5.41 Å². The highest BCUT2D eigenvalue weighted by Crippen LogP contribution is 2.51. The van der Waals surface area contributed by atoms with Gasteiger partial charge in [0.05, 0.1) is 0 Å². The lowest BCUT2D eigenvalue weighted by Gasteiger charge is -2.29. The van der Waals surface area contributed by atoms with Gasteiger partial charge in [-0.05, 0) is 126 Å². The Morgan fingerprint density at radius 2 is 0.967 bits per heavy atom. The van der Waals surface area contributed by atoms with Crippen LogP contribution < -0.4 is 4.90 Å². The van der Waals surface area contributed by atoms with Crippen LogP contribution in [-0.4, -0.2) is 0 Å². The molecule has 0 spiro atoms. The largest absolute Gasteiger partial charge is 0.455 e. The lowest BCUT2D eigenvalue weighted by Crippen LogP contribution is -2.16. The van der Waals surface area contributed by atoms with Crippen LogP contribution in [0.15, 0.2) is 217 Å². The summed E-state index contributed by atoms with van der Waals surface area (Å²) < 4.78 is 7.00. The van der Waals surface area contributed by atoms with Gasteiger partial charge in [-0.15, -0.1) is 0 Å². The van der Waals surface area contributed by atoms with Gasteiger partial charge in [0.25, 0.3) is 0 Å². The molecule has 1 aliphatic rings. The molecule has 12 rings (SSSR count). The minimum atomic E-state index is -0.152. The fraction of sp³-hybridized carbons (Fsp3) is 0.0508. The Kier molecular flexibility index (Phi) is 7.92. The van der Waals surface area contributed by atoms with Crippen LogP contribution in [0.3, 0.4) is 0 Å². The summed E-state index contributed by atoms with van der Waals surface area (Å²) in [5, 5.41) is 6.98. The Labute approximate surface area is 355 Å². The van der Waals surface area contributed by atoms with Crippen LogP contribution in [0.5, 0.6) is 0 Å². The zero-order chi connectivity index (χ0) is 40.7. The minimum Gasteiger partial charge on any atom is -0.455 e. The highest BCUT2D eigenvalue weighted by atomic mass is 16.3. The van der Waals surface area contributed by atoms with E-state index in [0.717, 1.165) is 55.5 Å². The Hall–Kier alpha value is -7.68. The first-order valence-electron chi connectivity index (χ1n) is 21.2. The summed E-state index contributed by atoms with van der Waals surface area (Å²) in [6.45, 7) is 4.71. The molecule has 0 amide bonds. The third-order valence-electron chi connectivity index (χ3n) is 13.0. The molecular formula is C59H41NO. The molecule has 1 heterocycles. The van der Waals surface area contributed by atoms with E-state index in [0.29, 0.717) is 0 Å². The average molecular weight is 780 g/mol. The maximum absolute atomic E-state index is 7.00. The van der Waals surface area contributed by atoms with Crippen LogP contribution in [0.4, 0.5) is 17.1 Å². The molecular weight excluding hydrogens is 739 g/mol. The Morgan fingerprint density at radius 3 is 1.74 bits per heavy atom. The van der Waals surface area contributed by atoms with E-state index in [9.17, 15) is 0 Å². The van der Waals surface area contributed by atoms with Gasteiger partial charge in [-0.1, -0.05) is 166 Å². The van der Waals surface area contributed by atoms with Crippen molar-refractivity contribution in [1.82, 2.24) is 0 Å². The predicted octanol–water partition coefficient (Wildman–Crippen LogP) is 16.7. The molecule has 61 heavy (non-hydrogen) atoms. The van der Waals surface area contributed by atoms with Gasteiger partial charge in [0.2, 0.25) is 0 Å². The first-order chi connectivity index (χ1) is 30.0. The Bertz CT molecular complexity index is 3450. The highest BCUT2D eigenvalue weighted by Gasteiger charge is 2.36. The molecule has 0 bridgehead atoms. The van der Waals surface area contributed by atoms with Crippen LogP contribution >= 0.6 is 0 Å². The van der Waals surface area contributed by atoms with Crippen molar-refractivity contribution in [2.75, 3.05) is 4.90 Å². The molecule has 0 aliphatic heterocycles. The van der Waals surface area contributed by atoms with Crippen LogP contribution in [0, 0.1) is 0 Å². The number of hydrogen-bond donors (Lipinski definition) is 0. The molecule has 2 nitrogen and oxygen atoms in total. The normalized spacial score (nSPS) is 12.9. The standard InChI is InChI=1S/C59H41NO/c1-59(2)55-24-14-13-22-49(55)50-29-27-45(35-56(50)59)60(47-33-43(38-15-5-3-6-16-38)32-44(34-47)39-17-7-4-8-18-39)46-28-30-51-54-37-53(42-26-25-40-19-9-10-20-41(40)31-42)48-21-11-12-23-52(48)58(54)61-57(51)36-46/h3-37H,1-2H3. The van der Waals surface area contributed by atoms with Crippen molar-refractivity contribution in [3.63, 3.8) is 0 Å². The number of rotatable bonds is 6. The number of benzene rings is 10. The summed E-state index contributed by atoms with van der Waals surface area (Å²) in [4.78, 5) is 2.42. The number of fused-ring (bicyclic) bond motifs is 9. The first-order valence-corrected chi connectivity index (χ1v) is 21.2. The smallest absolute Gasteiger partial charge is 0.143 e. The monoisotopic (exact) mass is 779 g/mol. The molecule has 288 valence electrons. The van der Waals surface area contributed by atoms with Crippen molar-refractivity contribution in [2.24, 2.45) is 0 Å². The fourth-order valence-corrected chi connectivity index (χ4v) is 9.93. The number of hydrogen-bond acceptors (Lipinski definition) is 2. The maximum Gasteiger partial charge on any atom is 0.143 e. The molecule has 1 aromatic heterocycles. The predicted molar refractivity (Wildman–Crippen MR) is 257 cm³/mol. The van der Waals surface area contributed by atoms with E-state index in [4.69, 9.17) is 4.42 Å². The van der Waals surface area contributed by atoms with E-state index < -0.39 is 0 Å². The lowest BCUT2D eigenvalue weighted by molar-refractivity contribution is 0.660. The molecule has 1 aliphatic carbocycles. The lowest BCUT2D eigenvalue weighted by atomic mass is 9.82. The van der Waals surface area contributed by atoms with E-state index in [1.807, 2.05) is 0 Å². The first kappa shape index (κ1) is 35.3. The van der Waals surface area contributed by atoms with E-state index in [2.05, 4.69) is 231 Å². The summed E-state index contributed by atoms with van der Waals surface area (Å²) in [6.07, 6.45) is 0. The Morgan fingerprint density at radius 1 is 0.344 bits per heavy atom. The van der Waals surface area contributed by atoms with Gasteiger partial charge in [-0.3, -0.25) is 0 Å². The van der Waals surface area contributed by atoms with Gasteiger partial charge in [0, 0.05) is 44.7 Å². The van der Waals surface area contributed by atoms with Crippen LogP contribution in [0.2, 0.25) is 0 Å². The molecule has 0 saturated heterocycles. The highest BCUT2D eigenvalue weighted by molar-refractivity contribution is 6.19. The van der Waals surface area contributed by atoms with Gasteiger partial charge >= 0.3 is 0 Å². The average Bonchev–Trinajstić information content (AvgIpc) is 3.80. The molecule has 0 radical (unpaired) electrons. The van der Waals surface area contributed by atoms with Gasteiger partial charge in [-0.25, -0.2) is 0 Å². The number of anilines is 3. The van der Waals surface area contributed by atoms with E-state index >= 15 is 0 Å². The van der Waals surface area contributed by atoms with Crippen LogP contribution in [0.1, 0.15) is 25.0 Å². The Balaban J connectivity index is 1.09. The van der Waals surface area contributed by atoms with E-state index in [1.54, 1.807) is 0 Å². The fourth-order valence-electron chi connectivity index (χ4n) is 9.93. The van der Waals surface area contributed by atoms with Gasteiger partial charge < -0.3 is 9.32 Å². The van der Waals surface area contributed by atoms with Crippen molar-refractivity contribution >= 4 is 60.5 Å². The van der Waals surface area contributed by atoms with Gasteiger partial charge in [0.1, 0.15) is 11.2 Å². The van der Waals surface area contributed by atoms with E-state index in [1.165, 1.54) is 60.7 Å². The molecule has 0 unspecified atom stereocenters. The molecule has 2 heteroatoms. The summed E-state index contributed by atoms with van der Waals surface area (Å²) >= 11 is 0. The van der Waals surface area contributed by atoms with Crippen LogP contribution in [-0.2, 0) is 5.41 Å². The third kappa shape index (κ3) is 5.71. The molecule has 10 aromatic carbocycles. The second kappa shape index (κ2) is 13.7. The summed E-state index contributed by atoms with van der Waals surface area (Å²) in [5.41, 5.74) is 17.2. The number of nitrogens with zero attached hydrogens (tertiary/aromatic N) is 1. The molecule has 0 N–H and O–H groups in total. The topological polar surface area (TPSA) is 16.4 Å². The van der Waals surface area contributed by atoms with Crippen molar-refractivity contribution < 1.29 is 4.42 Å². The quantitative estimate of drug-likeness (QED) is 0.167. The summed E-state index contributed by atoms with van der Waals surface area (Å²) in [5.74, 6) is 0. The molecule has 0 atom stereocenters. The second-order valence-electron chi connectivity index (χ2n) is 16.9. The second-order valence-corrected chi connectivity index (χ2v) is 16.9. The van der Waals surface area contributed by atoms with Crippen molar-refractivity contribution in [3.05, 3.63) is 223 Å². The minimum absolute atomic E-state index is 0.152. The van der Waals surface area contributed by atoms with Gasteiger partial charge in [0.15, 0.2) is 0 Å². The SMILES string of the molecule is CC1(C)c2ccccc2-c2ccc(N(c3cc(-c4ccccc4)cc(-c4ccccc4)c3)c3ccc4c(c3)oc3c5ccccc5c(-c5ccc6ccccc6c5)cc43)cc21. The molecule has 0 fully saturated rings. The van der Waals surface area contributed by atoms with Crippen molar-refractivity contribution in [3.8, 4) is 44.5 Å². The number of furan rings is 1.